The third-order valence-corrected chi connectivity index (χ3v) is 5.99. The molecule has 0 radical (unpaired) electrons. The van der Waals surface area contributed by atoms with Gasteiger partial charge in [0.25, 0.3) is 0 Å². The van der Waals surface area contributed by atoms with Gasteiger partial charge in [0.05, 0.1) is 11.5 Å². The molecule has 2 unspecified atom stereocenters. The monoisotopic (exact) mass is 259 g/mol. The highest BCUT2D eigenvalue weighted by molar-refractivity contribution is 7.91. The van der Waals surface area contributed by atoms with E-state index in [1.807, 2.05) is 0 Å². The van der Waals surface area contributed by atoms with E-state index in [0.717, 1.165) is 19.3 Å². The normalized spacial score (nSPS) is 36.6. The molecule has 2 atom stereocenters. The van der Waals surface area contributed by atoms with Crippen LogP contribution in [-0.4, -0.2) is 32.0 Å². The number of hydrogen-bond donors (Lipinski definition) is 1. The van der Waals surface area contributed by atoms with Gasteiger partial charge in [0, 0.05) is 12.1 Å². The molecule has 1 saturated carbocycles. The summed E-state index contributed by atoms with van der Waals surface area (Å²) < 4.78 is 23.1. The standard InChI is InChI=1S/C13H25NO2S/c1-13(2)7-5-12(10-13)14-11-4-3-8-17(15,16)9-6-11/h11-12,14H,3-10H2,1-2H3. The fourth-order valence-electron chi connectivity index (χ4n) is 3.20. The molecule has 1 aliphatic carbocycles. The van der Waals surface area contributed by atoms with Gasteiger partial charge in [-0.05, 0) is 43.9 Å². The van der Waals surface area contributed by atoms with E-state index in [1.54, 1.807) is 0 Å². The molecule has 2 aliphatic rings. The first-order valence-electron chi connectivity index (χ1n) is 6.83. The van der Waals surface area contributed by atoms with Gasteiger partial charge in [0.1, 0.15) is 9.84 Å². The Morgan fingerprint density at radius 1 is 1.06 bits per heavy atom. The molecular formula is C13H25NO2S. The van der Waals surface area contributed by atoms with Gasteiger partial charge in [-0.1, -0.05) is 13.8 Å². The van der Waals surface area contributed by atoms with Crippen LogP contribution in [0.5, 0.6) is 0 Å². The first kappa shape index (κ1) is 13.3. The van der Waals surface area contributed by atoms with Crippen LogP contribution in [0.25, 0.3) is 0 Å². The van der Waals surface area contributed by atoms with E-state index in [0.29, 0.717) is 29.0 Å². The maximum atomic E-state index is 11.5. The van der Waals surface area contributed by atoms with Gasteiger partial charge in [-0.15, -0.1) is 0 Å². The van der Waals surface area contributed by atoms with Crippen LogP contribution in [0.15, 0.2) is 0 Å². The smallest absolute Gasteiger partial charge is 0.150 e. The van der Waals surface area contributed by atoms with Crippen molar-refractivity contribution in [1.29, 1.82) is 0 Å². The van der Waals surface area contributed by atoms with Gasteiger partial charge in [0.2, 0.25) is 0 Å². The van der Waals surface area contributed by atoms with Crippen LogP contribution in [-0.2, 0) is 9.84 Å². The van der Waals surface area contributed by atoms with Crippen molar-refractivity contribution in [3.63, 3.8) is 0 Å². The number of sulfone groups is 1. The van der Waals surface area contributed by atoms with Crippen molar-refractivity contribution in [1.82, 2.24) is 5.32 Å². The van der Waals surface area contributed by atoms with Crippen LogP contribution in [0.2, 0.25) is 0 Å². The minimum Gasteiger partial charge on any atom is -0.311 e. The van der Waals surface area contributed by atoms with Gasteiger partial charge in [-0.2, -0.15) is 0 Å². The van der Waals surface area contributed by atoms with Crippen molar-refractivity contribution >= 4 is 9.84 Å². The van der Waals surface area contributed by atoms with E-state index >= 15 is 0 Å². The highest BCUT2D eigenvalue weighted by Crippen LogP contribution is 2.37. The zero-order valence-corrected chi connectivity index (χ0v) is 11.9. The number of nitrogens with one attached hydrogen (secondary N) is 1. The molecule has 4 heteroatoms. The van der Waals surface area contributed by atoms with Gasteiger partial charge in [-0.25, -0.2) is 8.42 Å². The van der Waals surface area contributed by atoms with Crippen LogP contribution >= 0.6 is 0 Å². The number of hydrogen-bond acceptors (Lipinski definition) is 3. The molecule has 1 aliphatic heterocycles. The maximum Gasteiger partial charge on any atom is 0.150 e. The van der Waals surface area contributed by atoms with E-state index in [4.69, 9.17) is 0 Å². The lowest BCUT2D eigenvalue weighted by Gasteiger charge is -2.23. The van der Waals surface area contributed by atoms with Crippen LogP contribution in [0, 0.1) is 5.41 Å². The third kappa shape index (κ3) is 3.95. The molecule has 1 heterocycles. The fraction of sp³-hybridized carbons (Fsp3) is 1.00. The summed E-state index contributed by atoms with van der Waals surface area (Å²) in [6, 6.07) is 1.03. The zero-order valence-electron chi connectivity index (χ0n) is 11.0. The lowest BCUT2D eigenvalue weighted by molar-refractivity contribution is 0.344. The molecule has 2 rings (SSSR count). The quantitative estimate of drug-likeness (QED) is 0.826. The molecule has 0 aromatic rings. The molecule has 0 amide bonds. The van der Waals surface area contributed by atoms with Crippen molar-refractivity contribution in [3.8, 4) is 0 Å². The lowest BCUT2D eigenvalue weighted by Crippen LogP contribution is -2.37. The van der Waals surface area contributed by atoms with Crippen molar-refractivity contribution in [3.05, 3.63) is 0 Å². The van der Waals surface area contributed by atoms with E-state index in [1.165, 1.54) is 19.3 Å². The summed E-state index contributed by atoms with van der Waals surface area (Å²) in [5.74, 6) is 0.766. The van der Waals surface area contributed by atoms with Gasteiger partial charge in [0.15, 0.2) is 0 Å². The Hall–Kier alpha value is -0.0900. The molecule has 17 heavy (non-hydrogen) atoms. The Morgan fingerprint density at radius 2 is 1.82 bits per heavy atom. The second-order valence-corrected chi connectivity index (χ2v) is 8.85. The van der Waals surface area contributed by atoms with Crippen LogP contribution in [0.3, 0.4) is 0 Å². The fourth-order valence-corrected chi connectivity index (χ4v) is 4.65. The van der Waals surface area contributed by atoms with E-state index in [9.17, 15) is 8.42 Å². The van der Waals surface area contributed by atoms with Crippen molar-refractivity contribution in [2.24, 2.45) is 5.41 Å². The summed E-state index contributed by atoms with van der Waals surface area (Å²) in [5.41, 5.74) is 0.467. The Bertz CT molecular complexity index is 362. The molecule has 1 N–H and O–H groups in total. The third-order valence-electron chi connectivity index (χ3n) is 4.23. The highest BCUT2D eigenvalue weighted by atomic mass is 32.2. The molecule has 100 valence electrons. The van der Waals surface area contributed by atoms with E-state index in [-0.39, 0.29) is 0 Å². The maximum absolute atomic E-state index is 11.5. The molecule has 3 nitrogen and oxygen atoms in total. The second-order valence-electron chi connectivity index (χ2n) is 6.55. The Labute approximate surface area is 105 Å². The SMILES string of the molecule is CC1(C)CCC(NC2CCCS(=O)(=O)CC2)C1. The minimum atomic E-state index is -2.75. The summed E-state index contributed by atoms with van der Waals surface area (Å²) in [5, 5.41) is 3.69. The summed E-state index contributed by atoms with van der Waals surface area (Å²) in [4.78, 5) is 0. The predicted molar refractivity (Wildman–Crippen MR) is 70.8 cm³/mol. The summed E-state index contributed by atoms with van der Waals surface area (Å²) >= 11 is 0. The first-order chi connectivity index (χ1) is 7.86. The topological polar surface area (TPSA) is 46.2 Å². The molecule has 2 fully saturated rings. The lowest BCUT2D eigenvalue weighted by atomic mass is 9.91. The number of rotatable bonds is 2. The zero-order chi connectivity index (χ0) is 12.5. The highest BCUT2D eigenvalue weighted by Gasteiger charge is 2.32. The largest absolute Gasteiger partial charge is 0.311 e. The van der Waals surface area contributed by atoms with Gasteiger partial charge >= 0.3 is 0 Å². The predicted octanol–water partition coefficient (Wildman–Crippen LogP) is 2.12. The molecule has 0 aromatic heterocycles. The average Bonchev–Trinajstić information content (AvgIpc) is 2.44. The molecular weight excluding hydrogens is 234 g/mol. The Balaban J connectivity index is 1.84. The van der Waals surface area contributed by atoms with Crippen LogP contribution in [0.4, 0.5) is 0 Å². The van der Waals surface area contributed by atoms with Crippen molar-refractivity contribution in [2.75, 3.05) is 11.5 Å². The molecule has 0 spiro atoms. The van der Waals surface area contributed by atoms with Crippen LogP contribution in [0.1, 0.15) is 52.4 Å². The summed E-state index contributed by atoms with van der Waals surface area (Å²) in [7, 11) is -2.75. The van der Waals surface area contributed by atoms with E-state index < -0.39 is 9.84 Å². The van der Waals surface area contributed by atoms with Crippen molar-refractivity contribution < 1.29 is 8.42 Å². The van der Waals surface area contributed by atoms with Gasteiger partial charge in [-0.3, -0.25) is 0 Å². The first-order valence-corrected chi connectivity index (χ1v) is 8.65. The molecule has 0 bridgehead atoms. The summed E-state index contributed by atoms with van der Waals surface area (Å²) in [6.07, 6.45) is 6.42. The van der Waals surface area contributed by atoms with Crippen molar-refractivity contribution in [2.45, 2.75) is 64.5 Å². The minimum absolute atomic E-state index is 0.376. The molecule has 0 aromatic carbocycles. The van der Waals surface area contributed by atoms with E-state index in [2.05, 4.69) is 19.2 Å². The average molecular weight is 259 g/mol. The summed E-state index contributed by atoms with van der Waals surface area (Å²) in [6.45, 7) is 4.65. The Kier molecular flexibility index (Phi) is 3.83. The second kappa shape index (κ2) is 4.88. The Morgan fingerprint density at radius 3 is 2.47 bits per heavy atom. The van der Waals surface area contributed by atoms with Gasteiger partial charge < -0.3 is 5.32 Å². The molecule has 1 saturated heterocycles. The van der Waals surface area contributed by atoms with Crippen LogP contribution < -0.4 is 5.32 Å².